The molecule has 2 aromatic rings. The predicted octanol–water partition coefficient (Wildman–Crippen LogP) is 0.446. The molecule has 1 aromatic heterocycles. The third-order valence-corrected chi connectivity index (χ3v) is 3.21. The highest BCUT2D eigenvalue weighted by Crippen LogP contribution is 2.14. The summed E-state index contributed by atoms with van der Waals surface area (Å²) in [7, 11) is 1.57. The van der Waals surface area contributed by atoms with Gasteiger partial charge in [0.2, 0.25) is 0 Å². The maximum absolute atomic E-state index is 11.9. The Morgan fingerprint density at radius 3 is 2.52 bits per heavy atom. The highest BCUT2D eigenvalue weighted by Gasteiger charge is 2.30. The summed E-state index contributed by atoms with van der Waals surface area (Å²) in [6, 6.07) is 8.59. The van der Waals surface area contributed by atoms with Gasteiger partial charge in [0, 0.05) is 6.20 Å². The van der Waals surface area contributed by atoms with Crippen LogP contribution in [0.2, 0.25) is 0 Å². The van der Waals surface area contributed by atoms with Crippen molar-refractivity contribution in [3.8, 4) is 11.4 Å². The number of amides is 1. The minimum atomic E-state index is -2.03. The summed E-state index contributed by atoms with van der Waals surface area (Å²) < 4.78 is 6.57. The van der Waals surface area contributed by atoms with Crippen LogP contribution in [0.3, 0.4) is 0 Å². The molecular formula is C15H17N3O5. The first-order valence-electron chi connectivity index (χ1n) is 6.77. The molecule has 0 aliphatic carbocycles. The second kappa shape index (κ2) is 6.49. The van der Waals surface area contributed by atoms with Crippen LogP contribution in [-0.2, 0) is 4.79 Å². The van der Waals surface area contributed by atoms with Gasteiger partial charge in [-0.1, -0.05) is 0 Å². The number of aromatic nitrogens is 2. The minimum absolute atomic E-state index is 0.113. The van der Waals surface area contributed by atoms with Crippen LogP contribution in [0.1, 0.15) is 17.4 Å². The average molecular weight is 319 g/mol. The van der Waals surface area contributed by atoms with Gasteiger partial charge in [0.25, 0.3) is 5.91 Å². The van der Waals surface area contributed by atoms with Crippen LogP contribution < -0.4 is 10.1 Å². The smallest absolute Gasteiger partial charge is 0.337 e. The molecule has 8 nitrogen and oxygen atoms in total. The first kappa shape index (κ1) is 16.5. The van der Waals surface area contributed by atoms with Crippen molar-refractivity contribution in [2.24, 2.45) is 0 Å². The van der Waals surface area contributed by atoms with Crippen LogP contribution in [0.4, 0.5) is 0 Å². The monoisotopic (exact) mass is 319 g/mol. The zero-order valence-corrected chi connectivity index (χ0v) is 12.7. The van der Waals surface area contributed by atoms with E-state index in [1.807, 2.05) is 0 Å². The molecule has 0 aliphatic heterocycles. The van der Waals surface area contributed by atoms with Crippen molar-refractivity contribution in [1.82, 2.24) is 15.1 Å². The van der Waals surface area contributed by atoms with Crippen molar-refractivity contribution in [2.75, 3.05) is 13.7 Å². The predicted molar refractivity (Wildman–Crippen MR) is 80.7 cm³/mol. The number of aliphatic hydroxyl groups is 1. The van der Waals surface area contributed by atoms with Gasteiger partial charge in [-0.05, 0) is 37.3 Å². The number of carbonyl (C=O) groups excluding carboxylic acids is 1. The van der Waals surface area contributed by atoms with Gasteiger partial charge in [0.1, 0.15) is 5.75 Å². The number of carboxylic acid groups (broad SMARTS) is 1. The van der Waals surface area contributed by atoms with Crippen molar-refractivity contribution < 1.29 is 24.5 Å². The molecule has 122 valence electrons. The van der Waals surface area contributed by atoms with E-state index in [0.29, 0.717) is 5.75 Å². The normalized spacial score (nSPS) is 13.2. The number of nitrogens with one attached hydrogen (secondary N) is 1. The van der Waals surface area contributed by atoms with Crippen molar-refractivity contribution >= 4 is 11.9 Å². The van der Waals surface area contributed by atoms with Crippen molar-refractivity contribution in [2.45, 2.75) is 12.5 Å². The lowest BCUT2D eigenvalue weighted by atomic mass is 10.1. The molecule has 2 rings (SSSR count). The van der Waals surface area contributed by atoms with Gasteiger partial charge in [0.15, 0.2) is 11.3 Å². The Bertz CT molecular complexity index is 706. The van der Waals surface area contributed by atoms with Crippen LogP contribution in [-0.4, -0.2) is 51.1 Å². The van der Waals surface area contributed by atoms with E-state index < -0.39 is 24.0 Å². The first-order valence-corrected chi connectivity index (χ1v) is 6.77. The van der Waals surface area contributed by atoms with E-state index in [1.54, 1.807) is 37.6 Å². The molecule has 1 atom stereocenters. The van der Waals surface area contributed by atoms with Crippen molar-refractivity contribution in [1.29, 1.82) is 0 Å². The number of benzene rings is 1. The lowest BCUT2D eigenvalue weighted by molar-refractivity contribution is -0.155. The lowest BCUT2D eigenvalue weighted by Crippen LogP contribution is -2.46. The zero-order valence-electron chi connectivity index (χ0n) is 12.7. The maximum atomic E-state index is 11.9. The highest BCUT2D eigenvalue weighted by atomic mass is 16.5. The van der Waals surface area contributed by atoms with E-state index in [1.165, 1.54) is 10.7 Å². The Balaban J connectivity index is 2.06. The molecule has 3 N–H and O–H groups in total. The van der Waals surface area contributed by atoms with Gasteiger partial charge >= 0.3 is 5.97 Å². The van der Waals surface area contributed by atoms with Gasteiger partial charge in [-0.2, -0.15) is 5.10 Å². The second-order valence-corrected chi connectivity index (χ2v) is 5.11. The molecule has 0 aliphatic rings. The van der Waals surface area contributed by atoms with E-state index in [0.717, 1.165) is 12.6 Å². The van der Waals surface area contributed by atoms with E-state index in [2.05, 4.69) is 10.4 Å². The third kappa shape index (κ3) is 3.86. The Kier molecular flexibility index (Phi) is 4.65. The molecule has 0 spiro atoms. The Labute approximate surface area is 132 Å². The summed E-state index contributed by atoms with van der Waals surface area (Å²) in [5.41, 5.74) is -1.18. The number of nitrogens with zero attached hydrogens (tertiary/aromatic N) is 2. The van der Waals surface area contributed by atoms with Crippen LogP contribution in [0.5, 0.6) is 5.75 Å². The van der Waals surface area contributed by atoms with Gasteiger partial charge in [-0.25, -0.2) is 9.48 Å². The van der Waals surface area contributed by atoms with Gasteiger partial charge in [-0.3, -0.25) is 4.79 Å². The van der Waals surface area contributed by atoms with Crippen LogP contribution in [0.25, 0.3) is 5.69 Å². The molecule has 0 bridgehead atoms. The summed E-state index contributed by atoms with van der Waals surface area (Å²) in [4.78, 5) is 22.7. The van der Waals surface area contributed by atoms with Crippen LogP contribution in [0.15, 0.2) is 36.5 Å². The maximum Gasteiger partial charge on any atom is 0.337 e. The molecule has 8 heteroatoms. The summed E-state index contributed by atoms with van der Waals surface area (Å²) >= 11 is 0. The summed E-state index contributed by atoms with van der Waals surface area (Å²) in [5.74, 6) is -1.28. The summed E-state index contributed by atoms with van der Waals surface area (Å²) in [6.45, 7) is 0.683. The molecule has 1 unspecified atom stereocenters. The van der Waals surface area contributed by atoms with Gasteiger partial charge < -0.3 is 20.3 Å². The number of carbonyl (C=O) groups is 2. The molecule has 23 heavy (non-hydrogen) atoms. The van der Waals surface area contributed by atoms with Crippen molar-refractivity contribution in [3.63, 3.8) is 0 Å². The van der Waals surface area contributed by atoms with E-state index in [4.69, 9.17) is 9.84 Å². The average Bonchev–Trinajstić information content (AvgIpc) is 3.02. The topological polar surface area (TPSA) is 114 Å². The molecule has 1 amide bonds. The van der Waals surface area contributed by atoms with E-state index in [-0.39, 0.29) is 5.69 Å². The number of hydrogen-bond acceptors (Lipinski definition) is 5. The quantitative estimate of drug-likeness (QED) is 0.712. The molecule has 0 fully saturated rings. The van der Waals surface area contributed by atoms with E-state index in [9.17, 15) is 14.7 Å². The fourth-order valence-electron chi connectivity index (χ4n) is 1.74. The Hall–Kier alpha value is -2.87. The fourth-order valence-corrected chi connectivity index (χ4v) is 1.74. The van der Waals surface area contributed by atoms with Crippen LogP contribution >= 0.6 is 0 Å². The van der Waals surface area contributed by atoms with Crippen LogP contribution in [0, 0.1) is 0 Å². The highest BCUT2D eigenvalue weighted by molar-refractivity contribution is 5.92. The number of ether oxygens (including phenoxy) is 1. The second-order valence-electron chi connectivity index (χ2n) is 5.11. The number of carboxylic acids is 1. The Morgan fingerprint density at radius 1 is 1.30 bits per heavy atom. The van der Waals surface area contributed by atoms with Crippen molar-refractivity contribution in [3.05, 3.63) is 42.2 Å². The zero-order chi connectivity index (χ0) is 17.0. The number of rotatable bonds is 6. The summed E-state index contributed by atoms with van der Waals surface area (Å²) in [5, 5.41) is 24.8. The number of methoxy groups -OCH3 is 1. The van der Waals surface area contributed by atoms with Gasteiger partial charge in [-0.15, -0.1) is 0 Å². The fraction of sp³-hybridized carbons (Fsp3) is 0.267. The Morgan fingerprint density at radius 2 is 1.96 bits per heavy atom. The first-order chi connectivity index (χ1) is 10.8. The molecule has 0 saturated heterocycles. The third-order valence-electron chi connectivity index (χ3n) is 3.21. The molecule has 1 heterocycles. The molecular weight excluding hydrogens is 302 g/mol. The van der Waals surface area contributed by atoms with E-state index >= 15 is 0 Å². The minimum Gasteiger partial charge on any atom is -0.497 e. The molecule has 0 saturated carbocycles. The molecule has 1 aromatic carbocycles. The largest absolute Gasteiger partial charge is 0.497 e. The molecule has 0 radical (unpaired) electrons. The standard InChI is InChI=1S/C15H17N3O5/c1-15(22,14(20)21)9-16-13(19)12-7-8-18(17-12)10-3-5-11(23-2)6-4-10/h3-8,22H,9H2,1-2H3,(H,16,19)(H,20,21). The SMILES string of the molecule is COc1ccc(-n2ccc(C(=O)NCC(C)(O)C(=O)O)n2)cc1. The lowest BCUT2D eigenvalue weighted by Gasteiger charge is -2.17. The number of hydrogen-bond donors (Lipinski definition) is 3. The van der Waals surface area contributed by atoms with Gasteiger partial charge in [0.05, 0.1) is 19.3 Å². The summed E-state index contributed by atoms with van der Waals surface area (Å²) in [6.07, 6.45) is 1.60. The number of aliphatic carboxylic acids is 1.